The second kappa shape index (κ2) is 3.44. The van der Waals surface area contributed by atoms with Crippen LogP contribution in [-0.2, 0) is 10.0 Å². The van der Waals surface area contributed by atoms with Crippen LogP contribution in [0.25, 0.3) is 5.82 Å². The van der Waals surface area contributed by atoms with Gasteiger partial charge in [-0.3, -0.25) is 4.57 Å². The molecule has 0 saturated carbocycles. The van der Waals surface area contributed by atoms with E-state index in [4.69, 9.17) is 5.14 Å². The quantitative estimate of drug-likeness (QED) is 0.772. The molecule has 0 aromatic carbocycles. The minimum absolute atomic E-state index is 0.00800. The normalized spacial score (nSPS) is 11.5. The Morgan fingerprint density at radius 2 is 2.13 bits per heavy atom. The summed E-state index contributed by atoms with van der Waals surface area (Å²) >= 11 is 0. The van der Waals surface area contributed by atoms with E-state index in [0.29, 0.717) is 5.82 Å². The topological polar surface area (TPSA) is 90.9 Å². The highest BCUT2D eigenvalue weighted by Crippen LogP contribution is 2.08. The Bertz CT molecular complexity index is 545. The third kappa shape index (κ3) is 2.03. The van der Waals surface area contributed by atoms with Crippen LogP contribution in [0.15, 0.2) is 41.9 Å². The third-order valence-corrected chi connectivity index (χ3v) is 2.72. The first-order chi connectivity index (χ1) is 7.07. The lowest BCUT2D eigenvalue weighted by atomic mass is 10.4. The van der Waals surface area contributed by atoms with Crippen molar-refractivity contribution >= 4 is 10.0 Å². The van der Waals surface area contributed by atoms with Crippen LogP contribution in [0.3, 0.4) is 0 Å². The Kier molecular flexibility index (Phi) is 2.25. The second-order valence-corrected chi connectivity index (χ2v) is 4.43. The maximum atomic E-state index is 10.9. The number of imidazole rings is 1. The molecule has 0 fully saturated rings. The van der Waals surface area contributed by atoms with Gasteiger partial charge in [0.1, 0.15) is 17.0 Å². The minimum atomic E-state index is -3.68. The fourth-order valence-electron chi connectivity index (χ4n) is 1.09. The molecule has 0 saturated heterocycles. The number of aromatic nitrogens is 3. The maximum absolute atomic E-state index is 10.9. The summed E-state index contributed by atoms with van der Waals surface area (Å²) in [7, 11) is -3.68. The number of nitrogens with two attached hydrogens (primary N) is 1. The second-order valence-electron chi connectivity index (χ2n) is 2.87. The van der Waals surface area contributed by atoms with E-state index in [9.17, 15) is 8.42 Å². The van der Waals surface area contributed by atoms with Gasteiger partial charge >= 0.3 is 0 Å². The van der Waals surface area contributed by atoms with E-state index >= 15 is 0 Å². The van der Waals surface area contributed by atoms with E-state index in [-0.39, 0.29) is 4.90 Å². The van der Waals surface area contributed by atoms with Crippen molar-refractivity contribution in [3.8, 4) is 5.82 Å². The number of nitrogens with zero attached hydrogens (tertiary/aromatic N) is 3. The lowest BCUT2D eigenvalue weighted by Crippen LogP contribution is -2.12. The van der Waals surface area contributed by atoms with Gasteiger partial charge in [-0.15, -0.1) is 0 Å². The van der Waals surface area contributed by atoms with Gasteiger partial charge in [-0.25, -0.2) is 23.5 Å². The fraction of sp³-hybridized carbons (Fsp3) is 0. The Balaban J connectivity index is 2.42. The highest BCUT2D eigenvalue weighted by Gasteiger charge is 2.07. The number of rotatable bonds is 2. The van der Waals surface area contributed by atoms with Crippen molar-refractivity contribution in [3.05, 3.63) is 37.1 Å². The summed E-state index contributed by atoms with van der Waals surface area (Å²) in [5, 5.41) is 4.94. The van der Waals surface area contributed by atoms with Crippen LogP contribution >= 0.6 is 0 Å². The van der Waals surface area contributed by atoms with Gasteiger partial charge in [-0.2, -0.15) is 0 Å². The Morgan fingerprint density at radius 1 is 1.33 bits per heavy atom. The van der Waals surface area contributed by atoms with Gasteiger partial charge in [-0.05, 0) is 12.1 Å². The van der Waals surface area contributed by atoms with Gasteiger partial charge in [-0.1, -0.05) is 0 Å². The van der Waals surface area contributed by atoms with Gasteiger partial charge in [0.05, 0.1) is 0 Å². The van der Waals surface area contributed by atoms with Gasteiger partial charge in [0.25, 0.3) is 0 Å². The van der Waals surface area contributed by atoms with Crippen molar-refractivity contribution in [2.24, 2.45) is 5.14 Å². The lowest BCUT2D eigenvalue weighted by molar-refractivity contribution is 0.597. The van der Waals surface area contributed by atoms with Crippen LogP contribution in [-0.4, -0.2) is 23.0 Å². The first kappa shape index (κ1) is 9.81. The van der Waals surface area contributed by atoms with Gasteiger partial charge in [0.2, 0.25) is 10.0 Å². The van der Waals surface area contributed by atoms with Crippen molar-refractivity contribution in [1.82, 2.24) is 14.5 Å². The molecule has 0 spiro atoms. The summed E-state index contributed by atoms with van der Waals surface area (Å²) in [6, 6.07) is 2.96. The van der Waals surface area contributed by atoms with E-state index in [0.717, 1.165) is 0 Å². The molecule has 0 aliphatic rings. The molecule has 2 N–H and O–H groups in total. The number of pyridine rings is 1. The zero-order valence-electron chi connectivity index (χ0n) is 7.61. The smallest absolute Gasteiger partial charge is 0.239 e. The predicted octanol–water partition coefficient (Wildman–Crippen LogP) is -0.0853. The zero-order chi connectivity index (χ0) is 10.9. The first-order valence-corrected chi connectivity index (χ1v) is 5.59. The van der Waals surface area contributed by atoms with Crippen LogP contribution < -0.4 is 5.14 Å². The number of hydrogen-bond donors (Lipinski definition) is 1. The van der Waals surface area contributed by atoms with E-state index in [1.807, 2.05) is 0 Å². The largest absolute Gasteiger partial charge is 0.291 e. The van der Waals surface area contributed by atoms with Gasteiger partial charge in [0.15, 0.2) is 0 Å². The van der Waals surface area contributed by atoms with Crippen LogP contribution in [0.1, 0.15) is 0 Å². The Morgan fingerprint density at radius 3 is 2.60 bits per heavy atom. The predicted molar refractivity (Wildman–Crippen MR) is 52.7 cm³/mol. The molecule has 0 atom stereocenters. The SMILES string of the molecule is NS(=O)(=O)c1ccc(-n2ccnc2)nc1. The van der Waals surface area contributed by atoms with Crippen LogP contribution in [0.2, 0.25) is 0 Å². The molecule has 2 heterocycles. The van der Waals surface area contributed by atoms with Crippen LogP contribution in [0.4, 0.5) is 0 Å². The molecule has 6 nitrogen and oxygen atoms in total. The van der Waals surface area contributed by atoms with Crippen molar-refractivity contribution in [1.29, 1.82) is 0 Å². The van der Waals surface area contributed by atoms with Gasteiger partial charge in [0, 0.05) is 18.6 Å². The summed E-state index contributed by atoms with van der Waals surface area (Å²) in [6.45, 7) is 0. The molecule has 7 heteroatoms. The number of hydrogen-bond acceptors (Lipinski definition) is 4. The average molecular weight is 224 g/mol. The van der Waals surface area contributed by atoms with Gasteiger partial charge < -0.3 is 0 Å². The standard InChI is InChI=1S/C8H8N4O2S/c9-15(13,14)7-1-2-8(11-5-7)12-4-3-10-6-12/h1-6H,(H2,9,13,14). The average Bonchev–Trinajstić information content (AvgIpc) is 2.69. The molecule has 0 bridgehead atoms. The molecule has 0 aliphatic carbocycles. The monoisotopic (exact) mass is 224 g/mol. The summed E-state index contributed by atoms with van der Waals surface area (Å²) in [4.78, 5) is 7.79. The van der Waals surface area contributed by atoms with Crippen LogP contribution in [0.5, 0.6) is 0 Å². The highest BCUT2D eigenvalue weighted by molar-refractivity contribution is 7.89. The Labute approximate surface area is 86.4 Å². The molecule has 0 aliphatic heterocycles. The molecule has 0 unspecified atom stereocenters. The first-order valence-electron chi connectivity index (χ1n) is 4.04. The minimum Gasteiger partial charge on any atom is -0.291 e. The maximum Gasteiger partial charge on any atom is 0.239 e. The zero-order valence-corrected chi connectivity index (χ0v) is 8.42. The highest BCUT2D eigenvalue weighted by atomic mass is 32.2. The molecular formula is C8H8N4O2S. The molecule has 2 rings (SSSR count). The van der Waals surface area contributed by atoms with Crippen molar-refractivity contribution < 1.29 is 8.42 Å². The van der Waals surface area contributed by atoms with E-state index < -0.39 is 10.0 Å². The lowest BCUT2D eigenvalue weighted by Gasteiger charge is -2.01. The molecule has 2 aromatic rings. The molecule has 0 radical (unpaired) electrons. The fourth-order valence-corrected chi connectivity index (χ4v) is 1.55. The Hall–Kier alpha value is -1.73. The summed E-state index contributed by atoms with van der Waals surface area (Å²) in [5.74, 6) is 0.583. The third-order valence-electron chi connectivity index (χ3n) is 1.82. The molecular weight excluding hydrogens is 216 g/mol. The molecule has 15 heavy (non-hydrogen) atoms. The molecule has 0 amide bonds. The summed E-state index contributed by atoms with van der Waals surface area (Å²) < 4.78 is 23.6. The number of sulfonamides is 1. The summed E-state index contributed by atoms with van der Waals surface area (Å²) in [5.41, 5.74) is 0. The van der Waals surface area contributed by atoms with E-state index in [1.54, 1.807) is 29.4 Å². The van der Waals surface area contributed by atoms with Crippen molar-refractivity contribution in [2.75, 3.05) is 0 Å². The van der Waals surface area contributed by atoms with Crippen molar-refractivity contribution in [2.45, 2.75) is 4.90 Å². The van der Waals surface area contributed by atoms with E-state index in [1.165, 1.54) is 12.3 Å². The van der Waals surface area contributed by atoms with Crippen molar-refractivity contribution in [3.63, 3.8) is 0 Å². The summed E-state index contributed by atoms with van der Waals surface area (Å²) in [6.07, 6.45) is 6.10. The van der Waals surface area contributed by atoms with Crippen LogP contribution in [0, 0.1) is 0 Å². The number of primary sulfonamides is 1. The molecule has 2 aromatic heterocycles. The van der Waals surface area contributed by atoms with E-state index in [2.05, 4.69) is 9.97 Å². The molecule has 78 valence electrons.